The predicted octanol–water partition coefficient (Wildman–Crippen LogP) is 5.54. The van der Waals surface area contributed by atoms with Crippen molar-refractivity contribution in [1.29, 1.82) is 0 Å². The Morgan fingerprint density at radius 2 is 1.55 bits per heavy atom. The summed E-state index contributed by atoms with van der Waals surface area (Å²) in [6, 6.07) is 10.0. The van der Waals surface area contributed by atoms with Crippen LogP contribution in [0.15, 0.2) is 48.6 Å². The molecule has 2 heterocycles. The number of ketones is 1. The zero-order valence-corrected chi connectivity index (χ0v) is 25.0. The second-order valence-corrected chi connectivity index (χ2v) is 10.8. The van der Waals surface area contributed by atoms with Crippen molar-refractivity contribution >= 4 is 18.0 Å². The highest BCUT2D eigenvalue weighted by Crippen LogP contribution is 2.52. The second-order valence-electron chi connectivity index (χ2n) is 10.8. The molecule has 0 unspecified atom stereocenters. The van der Waals surface area contributed by atoms with E-state index in [4.69, 9.17) is 28.4 Å². The lowest BCUT2D eigenvalue weighted by atomic mass is 9.95. The van der Waals surface area contributed by atoms with E-state index in [1.54, 1.807) is 12.1 Å². The Balaban J connectivity index is 1.95. The van der Waals surface area contributed by atoms with Gasteiger partial charge in [-0.2, -0.15) is 10.0 Å². The van der Waals surface area contributed by atoms with Gasteiger partial charge in [0.2, 0.25) is 17.3 Å². The molecule has 0 N–H and O–H groups in total. The van der Waals surface area contributed by atoms with Crippen LogP contribution < -0.4 is 14.2 Å². The number of amides is 2. The molecular formula is C31H38N2O9. The molecule has 2 aliphatic heterocycles. The van der Waals surface area contributed by atoms with Gasteiger partial charge in [0.05, 0.1) is 33.0 Å². The zero-order chi connectivity index (χ0) is 30.6. The lowest BCUT2D eigenvalue weighted by Crippen LogP contribution is -2.66. The first-order chi connectivity index (χ1) is 20.1. The number of methoxy groups -OCH3 is 3. The van der Waals surface area contributed by atoms with E-state index in [1.165, 1.54) is 27.4 Å². The first kappa shape index (κ1) is 30.7. The number of hydrazine groups is 1. The third-order valence-electron chi connectivity index (χ3n) is 6.80. The molecule has 1 aliphatic carbocycles. The number of hydrogen-bond donors (Lipinski definition) is 0. The van der Waals surface area contributed by atoms with Crippen LogP contribution in [0.4, 0.5) is 9.59 Å². The van der Waals surface area contributed by atoms with E-state index >= 15 is 0 Å². The number of rotatable bonds is 10. The van der Waals surface area contributed by atoms with Crippen molar-refractivity contribution in [2.75, 3.05) is 34.5 Å². The lowest BCUT2D eigenvalue weighted by molar-refractivity contribution is -0.160. The summed E-state index contributed by atoms with van der Waals surface area (Å²) in [4.78, 5) is 42.1. The van der Waals surface area contributed by atoms with Crippen LogP contribution in [-0.4, -0.2) is 68.3 Å². The molecule has 3 aliphatic rings. The van der Waals surface area contributed by atoms with Crippen LogP contribution in [0.2, 0.25) is 0 Å². The third-order valence-corrected chi connectivity index (χ3v) is 6.80. The van der Waals surface area contributed by atoms with Gasteiger partial charge >= 0.3 is 12.2 Å². The molecule has 0 spiro atoms. The first-order valence-electron chi connectivity index (χ1n) is 13.8. The van der Waals surface area contributed by atoms with E-state index < -0.39 is 29.7 Å². The maximum Gasteiger partial charge on any atom is 0.432 e. The molecular weight excluding hydrogens is 544 g/mol. The van der Waals surface area contributed by atoms with Gasteiger partial charge in [-0.25, -0.2) is 9.59 Å². The van der Waals surface area contributed by atoms with Crippen molar-refractivity contribution in [3.05, 3.63) is 65.2 Å². The average Bonchev–Trinajstić information content (AvgIpc) is 3.16. The van der Waals surface area contributed by atoms with E-state index in [0.29, 0.717) is 5.56 Å². The highest BCUT2D eigenvalue weighted by Gasteiger charge is 2.60. The Hall–Kier alpha value is -4.25. The molecule has 2 atom stereocenters. The number of hydrogen-bond acceptors (Lipinski definition) is 9. The molecule has 2 bridgehead atoms. The molecule has 2 aromatic rings. The topological polar surface area (TPSA) is 113 Å². The average molecular weight is 583 g/mol. The second kappa shape index (κ2) is 12.7. The van der Waals surface area contributed by atoms with Crippen LogP contribution in [0.5, 0.6) is 17.2 Å². The minimum atomic E-state index is -2.10. The number of nitrogens with zero attached hydrogens (tertiary/aromatic N) is 2. The highest BCUT2D eigenvalue weighted by atomic mass is 16.6. The minimum absolute atomic E-state index is 0.00657. The fourth-order valence-corrected chi connectivity index (χ4v) is 4.83. The SMILES string of the molecule is COc1cc2c(c(OCc3ccccc3)c1OC)C(=O)[C@]1(OC)C=C[C@H]2N(C(=O)OCC(C)C)N1C(=O)OCC(C)C. The first-order valence-corrected chi connectivity index (χ1v) is 13.8. The zero-order valence-electron chi connectivity index (χ0n) is 25.0. The molecule has 226 valence electrons. The highest BCUT2D eigenvalue weighted by molar-refractivity contribution is 6.10. The molecule has 2 aromatic carbocycles. The summed E-state index contributed by atoms with van der Waals surface area (Å²) in [5, 5.41) is 1.95. The summed E-state index contributed by atoms with van der Waals surface area (Å²) in [5.41, 5.74) is -0.854. The van der Waals surface area contributed by atoms with E-state index in [2.05, 4.69) is 0 Å². The van der Waals surface area contributed by atoms with Crippen LogP contribution in [0, 0.1) is 11.8 Å². The van der Waals surface area contributed by atoms with Crippen LogP contribution in [0.1, 0.15) is 55.2 Å². The molecule has 0 saturated carbocycles. The monoisotopic (exact) mass is 582 g/mol. The van der Waals surface area contributed by atoms with Crippen molar-refractivity contribution < 1.29 is 42.8 Å². The van der Waals surface area contributed by atoms with Crippen molar-refractivity contribution in [2.45, 2.75) is 46.1 Å². The Bertz CT molecular complexity index is 1340. The Morgan fingerprint density at radius 3 is 2.12 bits per heavy atom. The summed E-state index contributed by atoms with van der Waals surface area (Å²) in [7, 11) is 4.17. The van der Waals surface area contributed by atoms with Crippen molar-refractivity contribution in [3.63, 3.8) is 0 Å². The number of carbonyl (C=O) groups excluding carboxylic acids is 3. The van der Waals surface area contributed by atoms with Gasteiger partial charge < -0.3 is 28.4 Å². The molecule has 0 radical (unpaired) electrons. The predicted molar refractivity (Wildman–Crippen MR) is 152 cm³/mol. The molecule has 42 heavy (non-hydrogen) atoms. The maximum absolute atomic E-state index is 14.7. The van der Waals surface area contributed by atoms with Crippen molar-refractivity contribution in [3.8, 4) is 17.2 Å². The molecule has 0 fully saturated rings. The fourth-order valence-electron chi connectivity index (χ4n) is 4.83. The van der Waals surface area contributed by atoms with Gasteiger partial charge in [0.1, 0.15) is 12.6 Å². The number of Topliss-reactive ketones (excluding diaryl/α,β-unsaturated/α-hetero) is 1. The number of benzene rings is 2. The van der Waals surface area contributed by atoms with Crippen LogP contribution in [0.3, 0.4) is 0 Å². The molecule has 11 heteroatoms. The number of fused-ring (bicyclic) bond motifs is 1. The van der Waals surface area contributed by atoms with Gasteiger partial charge in [-0.05, 0) is 35.1 Å². The van der Waals surface area contributed by atoms with Crippen molar-refractivity contribution in [2.24, 2.45) is 11.8 Å². The maximum atomic E-state index is 14.7. The van der Waals surface area contributed by atoms with E-state index in [1.807, 2.05) is 58.0 Å². The minimum Gasteiger partial charge on any atom is -0.493 e. The summed E-state index contributed by atoms with van der Waals surface area (Å²) in [6.45, 7) is 7.75. The summed E-state index contributed by atoms with van der Waals surface area (Å²) in [6.07, 6.45) is 1.25. The standard InChI is InChI=1S/C31H38N2O9/c1-19(2)16-41-29(35)32-23-13-14-31(39-7,33(32)30(36)42-17-20(3)4)28(34)25-22(23)15-24(37-5)26(38-6)27(25)40-18-21-11-9-8-10-12-21/h8-15,19-20,23H,16-18H2,1-7H3/t23-,31-/m1/s1. The largest absolute Gasteiger partial charge is 0.493 e. The normalized spacial score (nSPS) is 19.1. The molecule has 0 aromatic heterocycles. The quantitative estimate of drug-likeness (QED) is 0.333. The molecule has 5 rings (SSSR count). The van der Waals surface area contributed by atoms with Crippen molar-refractivity contribution in [1.82, 2.24) is 10.0 Å². The molecule has 2 amide bonds. The van der Waals surface area contributed by atoms with E-state index in [-0.39, 0.29) is 54.5 Å². The van der Waals surface area contributed by atoms with Gasteiger partial charge in [-0.15, -0.1) is 0 Å². The summed E-state index contributed by atoms with van der Waals surface area (Å²) < 4.78 is 34.5. The summed E-state index contributed by atoms with van der Waals surface area (Å²) >= 11 is 0. The van der Waals surface area contributed by atoms with Gasteiger partial charge in [0, 0.05) is 7.11 Å². The van der Waals surface area contributed by atoms with Crippen LogP contribution in [0.25, 0.3) is 0 Å². The number of ether oxygens (including phenoxy) is 6. The Kier molecular flexibility index (Phi) is 9.30. The van der Waals surface area contributed by atoms with Crippen LogP contribution >= 0.6 is 0 Å². The molecule has 11 nitrogen and oxygen atoms in total. The van der Waals surface area contributed by atoms with E-state index in [0.717, 1.165) is 15.6 Å². The molecule has 0 saturated heterocycles. The fraction of sp³-hybridized carbons (Fsp3) is 0.452. The van der Waals surface area contributed by atoms with E-state index in [9.17, 15) is 14.4 Å². The van der Waals surface area contributed by atoms with Gasteiger partial charge in [-0.1, -0.05) is 64.1 Å². The summed E-state index contributed by atoms with van der Waals surface area (Å²) in [5.74, 6) is -0.125. The smallest absolute Gasteiger partial charge is 0.432 e. The third kappa shape index (κ3) is 5.61. The van der Waals surface area contributed by atoms with Gasteiger partial charge in [-0.3, -0.25) is 4.79 Å². The van der Waals surface area contributed by atoms with Crippen LogP contribution in [-0.2, 0) is 20.8 Å². The number of carbonyl (C=O) groups is 3. The lowest BCUT2D eigenvalue weighted by Gasteiger charge is -2.46. The van der Waals surface area contributed by atoms with Gasteiger partial charge in [0.25, 0.3) is 0 Å². The Morgan fingerprint density at radius 1 is 0.905 bits per heavy atom. The van der Waals surface area contributed by atoms with Gasteiger partial charge in [0.15, 0.2) is 11.5 Å². The Labute approximate surface area is 245 Å².